The van der Waals surface area contributed by atoms with Crippen LogP contribution in [0, 0.1) is 0 Å². The lowest BCUT2D eigenvalue weighted by molar-refractivity contribution is 1.18. The van der Waals surface area contributed by atoms with Crippen molar-refractivity contribution in [3.8, 4) is 73.1 Å². The first-order chi connectivity index (χ1) is 52.5. The van der Waals surface area contributed by atoms with Gasteiger partial charge in [0.1, 0.15) is 0 Å². The summed E-state index contributed by atoms with van der Waals surface area (Å²) in [7, 11) is -2.71. The summed E-state index contributed by atoms with van der Waals surface area (Å²) in [6.45, 7) is 0. The number of benzene rings is 15. The predicted octanol–water partition coefficient (Wildman–Crippen LogP) is 23.0. The van der Waals surface area contributed by atoms with Crippen LogP contribution < -0.4 is 25.6 Å². The zero-order valence-electron chi connectivity index (χ0n) is 57.7. The third-order valence-electron chi connectivity index (χ3n) is 20.5. The molecule has 0 atom stereocenters. The number of hydrogen-bond donors (Lipinski definition) is 0. The second-order valence-corrected chi connectivity index (χ2v) is 31.8. The van der Waals surface area contributed by atoms with E-state index in [0.29, 0.717) is 11.5 Å². The van der Waals surface area contributed by atoms with Crippen LogP contribution in [0.5, 0.6) is 0 Å². The van der Waals surface area contributed by atoms with Gasteiger partial charge in [-0.25, -0.2) is 19.9 Å². The van der Waals surface area contributed by atoms with E-state index >= 15 is 0 Å². The van der Waals surface area contributed by atoms with Crippen LogP contribution in [-0.4, -0.2) is 32.6 Å². The zero-order valence-corrected chi connectivity index (χ0v) is 59.5. The summed E-state index contributed by atoms with van der Waals surface area (Å²) in [5.74, 6) is 0.696. The van der Waals surface area contributed by atoms with Crippen LogP contribution in [0.4, 0.5) is 17.1 Å². The number of rotatable bonds is 7. The first-order valence-corrected chi connectivity index (χ1v) is 38.7. The van der Waals surface area contributed by atoms with Crippen LogP contribution >= 0.6 is 11.3 Å². The molecule has 8 heteroatoms. The highest BCUT2D eigenvalue weighted by Gasteiger charge is 2.41. The molecule has 20 bridgehead atoms. The van der Waals surface area contributed by atoms with Gasteiger partial charge in [0, 0.05) is 55.6 Å². The van der Waals surface area contributed by atoms with Crippen molar-refractivity contribution in [3.63, 3.8) is 0 Å². The van der Waals surface area contributed by atoms with Crippen LogP contribution in [0.2, 0.25) is 0 Å². The van der Waals surface area contributed by atoms with E-state index in [0.717, 1.165) is 117 Å². The highest BCUT2D eigenvalue weighted by Crippen LogP contribution is 2.41. The maximum absolute atomic E-state index is 5.22. The van der Waals surface area contributed by atoms with E-state index in [9.17, 15) is 0 Å². The lowest BCUT2D eigenvalue weighted by Gasteiger charge is -2.35. The molecule has 0 aliphatic carbocycles. The van der Waals surface area contributed by atoms with Gasteiger partial charge < -0.3 is 9.47 Å². The van der Waals surface area contributed by atoms with E-state index in [4.69, 9.17) is 19.9 Å². The summed E-state index contributed by atoms with van der Waals surface area (Å²) in [5, 5.41) is 12.0. The zero-order chi connectivity index (χ0) is 70.3. The molecule has 0 spiro atoms. The monoisotopic (exact) mass is 1390 g/mol. The molecule has 2 aromatic heterocycles. The van der Waals surface area contributed by atoms with Crippen molar-refractivity contribution < 1.29 is 0 Å². The van der Waals surface area contributed by atoms with Crippen LogP contribution in [0.15, 0.2) is 400 Å². The topological polar surface area (TPSA) is 59.7 Å². The molecule has 0 amide bonds. The van der Waals surface area contributed by atoms with E-state index in [-0.39, 0.29) is 0 Å². The molecule has 106 heavy (non-hydrogen) atoms. The largest absolute Gasteiger partial charge is 0.310 e. The lowest BCUT2D eigenvalue weighted by Crippen LogP contribution is -2.74. The van der Waals surface area contributed by atoms with Gasteiger partial charge >= 0.3 is 0 Å². The molecule has 17 aromatic rings. The Morgan fingerprint density at radius 1 is 0.245 bits per heavy atom. The minimum absolute atomic E-state index is 0.696. The third kappa shape index (κ3) is 11.9. The molecule has 15 aromatic carbocycles. The molecule has 0 unspecified atom stereocenters. The van der Waals surface area contributed by atoms with Crippen molar-refractivity contribution in [3.05, 3.63) is 400 Å². The molecule has 0 N–H and O–H groups in total. The molecule has 0 saturated carbocycles. The summed E-state index contributed by atoms with van der Waals surface area (Å²) in [6, 6.07) is 144. The number of anilines is 3. The van der Waals surface area contributed by atoms with Gasteiger partial charge in [-0.15, -0.1) is 11.3 Å². The van der Waals surface area contributed by atoms with Crippen molar-refractivity contribution in [2.75, 3.05) is 4.90 Å². The molecule has 0 radical (unpaired) electrons. The van der Waals surface area contributed by atoms with Crippen LogP contribution in [0.3, 0.4) is 0 Å². The minimum Gasteiger partial charge on any atom is -0.310 e. The standard InChI is InChI=1S/C58H41N3Si.C40H25N3S/c1-5-17-42(18-6-1)56-41-57-47-23-13-19-43(37-47)45-21-15-25-50(39-45)61(51-26-16-22-46(40-51)44-20-14-24-48(38-44)58(59-56)60-57)49-33-35-55(36-34-49)62(52-27-7-2-8-28-52,53-29-9-3-10-30-53)54-31-11-4-12-32-54;1-2-9-26(10-3-1)34-25-35-31-14-6-11-27(21-31)30-19-20-39-37(24-30)43(36-17-4-5-18-38(36)44-39)33-16-8-13-29(23-33)28-12-7-15-32(22-28)40(41-34)42-35/h1-41H;1-25H. The SMILES string of the molecule is c1ccc(-c2cc3nc(n2)-c2cccc(c2)-c2cccc(c2)N(c2ccc([Si](c4ccccc4)(c4ccccc4)c4ccccc4)cc2)c2cccc(c2)-c2cccc-3c2)cc1.c1ccc(-c2cc3nc(n2)c2cccc(c2)c2cccc(c2)n2c4ccccc4sc4ccc(cc4-2)c2cccc3c2)cc1. The number of aromatic nitrogens is 5. The van der Waals surface area contributed by atoms with Gasteiger partial charge in [-0.2, -0.15) is 0 Å². The Balaban J connectivity index is 0.000000153. The van der Waals surface area contributed by atoms with Crippen LogP contribution in [0.1, 0.15) is 0 Å². The van der Waals surface area contributed by atoms with Gasteiger partial charge in [-0.05, 0) is 174 Å². The molecular weight excluding hydrogens is 1320 g/mol. The molecule has 6 nitrogen and oxygen atoms in total. The van der Waals surface area contributed by atoms with Crippen molar-refractivity contribution in [1.29, 1.82) is 0 Å². The maximum Gasteiger partial charge on any atom is 0.179 e. The number of hydrogen-bond acceptors (Lipinski definition) is 6. The summed E-state index contributed by atoms with van der Waals surface area (Å²) in [4.78, 5) is 23.0. The molecule has 3 aliphatic heterocycles. The highest BCUT2D eigenvalue weighted by molar-refractivity contribution is 7.24. The first kappa shape index (κ1) is 63.4. The summed E-state index contributed by atoms with van der Waals surface area (Å²) >= 11 is 1.83. The second kappa shape index (κ2) is 27.4. The van der Waals surface area contributed by atoms with Gasteiger partial charge in [-0.3, -0.25) is 0 Å². The van der Waals surface area contributed by atoms with Gasteiger partial charge in [-0.1, -0.05) is 291 Å². The Labute approximate surface area is 619 Å². The molecular formula is C98H66N6SSi. The highest BCUT2D eigenvalue weighted by atomic mass is 32.1. The fraction of sp³-hybridized carbons (Fsp3) is 0. The van der Waals surface area contributed by atoms with Gasteiger partial charge in [0.25, 0.3) is 0 Å². The average molecular weight is 1390 g/mol. The van der Waals surface area contributed by atoms with E-state index in [1.807, 2.05) is 23.5 Å². The van der Waals surface area contributed by atoms with Crippen LogP contribution in [-0.2, 0) is 0 Å². The quantitative estimate of drug-likeness (QED) is 0.0904. The Morgan fingerprint density at radius 2 is 0.689 bits per heavy atom. The number of fused-ring (bicyclic) bond motifs is 30. The fourth-order valence-corrected chi connectivity index (χ4v) is 21.2. The maximum atomic E-state index is 5.22. The summed E-state index contributed by atoms with van der Waals surface area (Å²) in [5.41, 5.74) is 19.6. The van der Waals surface area contributed by atoms with Crippen molar-refractivity contribution in [2.45, 2.75) is 0 Å². The van der Waals surface area contributed by atoms with Crippen molar-refractivity contribution in [1.82, 2.24) is 24.5 Å². The van der Waals surface area contributed by atoms with Crippen molar-refractivity contribution in [2.24, 2.45) is 0 Å². The third-order valence-corrected chi connectivity index (χ3v) is 26.4. The van der Waals surface area contributed by atoms with E-state index < -0.39 is 8.07 Å². The normalized spacial score (nSPS) is 11.8. The Kier molecular flexibility index (Phi) is 16.4. The van der Waals surface area contributed by atoms with E-state index in [1.54, 1.807) is 0 Å². The molecule has 0 fully saturated rings. The summed E-state index contributed by atoms with van der Waals surface area (Å²) in [6.07, 6.45) is 0. The molecule has 498 valence electrons. The average Bonchev–Trinajstić information content (AvgIpc) is 0.745. The molecule has 0 saturated heterocycles. The fourth-order valence-electron chi connectivity index (χ4n) is 15.4. The summed E-state index contributed by atoms with van der Waals surface area (Å²) < 4.78 is 4.90. The minimum atomic E-state index is -2.71. The second-order valence-electron chi connectivity index (χ2n) is 26.9. The Hall–Kier alpha value is -13.5. The van der Waals surface area contributed by atoms with E-state index in [2.05, 4.69) is 398 Å². The lowest BCUT2D eigenvalue weighted by atomic mass is 9.98. The molecule has 20 rings (SSSR count). The first-order valence-electron chi connectivity index (χ1n) is 35.9. The Bertz CT molecular complexity index is 6380. The Morgan fingerprint density at radius 3 is 1.31 bits per heavy atom. The van der Waals surface area contributed by atoms with Gasteiger partial charge in [0.2, 0.25) is 0 Å². The number of para-hydroxylation sites is 1. The van der Waals surface area contributed by atoms with Gasteiger partial charge in [0.05, 0.1) is 43.2 Å². The van der Waals surface area contributed by atoms with Gasteiger partial charge in [0.15, 0.2) is 19.5 Å². The molecule has 3 aliphatic rings. The van der Waals surface area contributed by atoms with Crippen molar-refractivity contribution >= 4 is 121 Å². The van der Waals surface area contributed by atoms with Crippen LogP contribution in [0.25, 0.3) is 137 Å². The predicted molar refractivity (Wildman–Crippen MR) is 448 cm³/mol. The van der Waals surface area contributed by atoms with E-state index in [1.165, 1.54) is 46.7 Å². The molecule has 5 heterocycles. The smallest absolute Gasteiger partial charge is 0.179 e. The number of nitrogens with zero attached hydrogens (tertiary/aromatic N) is 6.